The van der Waals surface area contributed by atoms with Gasteiger partial charge in [0, 0.05) is 10.6 Å². The first kappa shape index (κ1) is 20.8. The summed E-state index contributed by atoms with van der Waals surface area (Å²) in [6, 6.07) is 16.3. The van der Waals surface area contributed by atoms with Crippen LogP contribution in [0.15, 0.2) is 64.5 Å². The maximum absolute atomic E-state index is 13.5. The van der Waals surface area contributed by atoms with Gasteiger partial charge in [0.05, 0.1) is 11.1 Å². The summed E-state index contributed by atoms with van der Waals surface area (Å²) < 4.78 is 15.1. The molecule has 0 atom stereocenters. The molecule has 0 N–H and O–H groups in total. The summed E-state index contributed by atoms with van der Waals surface area (Å²) in [6.45, 7) is 4.14. The number of aromatic nitrogens is 2. The minimum Gasteiger partial charge on any atom is -0.268 e. The molecule has 154 valence electrons. The molecule has 3 nitrogen and oxygen atoms in total. The van der Waals surface area contributed by atoms with Crippen LogP contribution in [0.25, 0.3) is 15.9 Å². The van der Waals surface area contributed by atoms with Crippen LogP contribution in [0.2, 0.25) is 0 Å². The Bertz CT molecular complexity index is 1210. The third-order valence-corrected chi connectivity index (χ3v) is 7.24. The van der Waals surface area contributed by atoms with Crippen LogP contribution in [-0.2, 0) is 12.8 Å². The molecule has 0 unspecified atom stereocenters. The molecule has 0 radical (unpaired) electrons. The Labute approximate surface area is 183 Å². The first-order valence-electron chi connectivity index (χ1n) is 10.1. The fourth-order valence-electron chi connectivity index (χ4n) is 3.50. The van der Waals surface area contributed by atoms with Gasteiger partial charge in [-0.15, -0.1) is 11.3 Å². The molecule has 2 heterocycles. The average molecular weight is 439 g/mol. The van der Waals surface area contributed by atoms with Crippen molar-refractivity contribution in [2.24, 2.45) is 0 Å². The maximum Gasteiger partial charge on any atom is 0.267 e. The first-order valence-corrected chi connectivity index (χ1v) is 11.9. The van der Waals surface area contributed by atoms with Crippen molar-refractivity contribution in [3.8, 4) is 5.69 Å². The Kier molecular flexibility index (Phi) is 6.35. The number of benzene rings is 2. The highest BCUT2D eigenvalue weighted by atomic mass is 32.2. The standard InChI is InChI=1S/C24H23FN2OS2/c1-3-7-20-16(2)21-22(30-20)26-24(29-15-14-17-8-5-4-6-9-17)27(23(21)28)19-12-10-18(25)11-13-19/h4-6,8-13H,3,7,14-15H2,1-2H3. The summed E-state index contributed by atoms with van der Waals surface area (Å²) in [7, 11) is 0. The molecule has 0 bridgehead atoms. The van der Waals surface area contributed by atoms with Crippen molar-refractivity contribution >= 4 is 33.3 Å². The van der Waals surface area contributed by atoms with Gasteiger partial charge in [0.15, 0.2) is 5.16 Å². The lowest BCUT2D eigenvalue weighted by atomic mass is 10.1. The highest BCUT2D eigenvalue weighted by molar-refractivity contribution is 7.99. The maximum atomic E-state index is 13.5. The second-order valence-electron chi connectivity index (χ2n) is 7.18. The molecule has 0 saturated heterocycles. The van der Waals surface area contributed by atoms with Crippen LogP contribution in [0.4, 0.5) is 4.39 Å². The summed E-state index contributed by atoms with van der Waals surface area (Å²) in [5.74, 6) is 0.478. The number of aryl methyl sites for hydroxylation is 3. The Morgan fingerprint density at radius 3 is 2.50 bits per heavy atom. The van der Waals surface area contributed by atoms with Crippen molar-refractivity contribution in [2.45, 2.75) is 38.3 Å². The molecule has 4 rings (SSSR count). The quantitative estimate of drug-likeness (QED) is 0.255. The van der Waals surface area contributed by atoms with Crippen LogP contribution in [0.5, 0.6) is 0 Å². The third kappa shape index (κ3) is 4.20. The van der Waals surface area contributed by atoms with E-state index in [1.54, 1.807) is 39.8 Å². The van der Waals surface area contributed by atoms with Crippen LogP contribution in [-0.4, -0.2) is 15.3 Å². The van der Waals surface area contributed by atoms with Crippen molar-refractivity contribution < 1.29 is 4.39 Å². The predicted octanol–water partition coefficient (Wildman–Crippen LogP) is 6.18. The summed E-state index contributed by atoms with van der Waals surface area (Å²) in [5, 5.41) is 1.33. The zero-order valence-electron chi connectivity index (χ0n) is 17.0. The van der Waals surface area contributed by atoms with Crippen molar-refractivity contribution in [1.82, 2.24) is 9.55 Å². The molecule has 0 fully saturated rings. The van der Waals surface area contributed by atoms with Gasteiger partial charge in [0.1, 0.15) is 10.6 Å². The Morgan fingerprint density at radius 2 is 1.80 bits per heavy atom. The van der Waals surface area contributed by atoms with Gasteiger partial charge >= 0.3 is 0 Å². The molecule has 0 aliphatic heterocycles. The van der Waals surface area contributed by atoms with Crippen molar-refractivity contribution in [3.63, 3.8) is 0 Å². The zero-order valence-corrected chi connectivity index (χ0v) is 18.7. The van der Waals surface area contributed by atoms with E-state index in [-0.39, 0.29) is 11.4 Å². The predicted molar refractivity (Wildman–Crippen MR) is 125 cm³/mol. The van der Waals surface area contributed by atoms with Gasteiger partial charge in [-0.1, -0.05) is 55.4 Å². The Hall–Kier alpha value is -2.44. The largest absolute Gasteiger partial charge is 0.268 e. The van der Waals surface area contributed by atoms with Gasteiger partial charge in [-0.3, -0.25) is 9.36 Å². The number of rotatable bonds is 7. The number of fused-ring (bicyclic) bond motifs is 1. The SMILES string of the molecule is CCCc1sc2nc(SCCc3ccccc3)n(-c3ccc(F)cc3)c(=O)c2c1C. The number of thioether (sulfide) groups is 1. The Morgan fingerprint density at radius 1 is 1.07 bits per heavy atom. The third-order valence-electron chi connectivity index (χ3n) is 5.06. The number of nitrogens with zero attached hydrogens (tertiary/aromatic N) is 2. The van der Waals surface area contributed by atoms with E-state index >= 15 is 0 Å². The zero-order chi connectivity index (χ0) is 21.1. The monoisotopic (exact) mass is 438 g/mol. The van der Waals surface area contributed by atoms with E-state index in [2.05, 4.69) is 19.1 Å². The van der Waals surface area contributed by atoms with E-state index in [0.29, 0.717) is 16.2 Å². The van der Waals surface area contributed by atoms with Crippen molar-refractivity contribution in [1.29, 1.82) is 0 Å². The topological polar surface area (TPSA) is 34.9 Å². The average Bonchev–Trinajstić information content (AvgIpc) is 3.06. The van der Waals surface area contributed by atoms with E-state index in [9.17, 15) is 9.18 Å². The minimum atomic E-state index is -0.323. The lowest BCUT2D eigenvalue weighted by Crippen LogP contribution is -2.21. The van der Waals surface area contributed by atoms with Crippen LogP contribution >= 0.6 is 23.1 Å². The lowest BCUT2D eigenvalue weighted by molar-refractivity contribution is 0.627. The van der Waals surface area contributed by atoms with Gasteiger partial charge in [-0.05, 0) is 55.2 Å². The van der Waals surface area contributed by atoms with Crippen molar-refractivity contribution in [3.05, 3.63) is 86.8 Å². The lowest BCUT2D eigenvalue weighted by Gasteiger charge is -2.12. The number of hydrogen-bond donors (Lipinski definition) is 0. The fraction of sp³-hybridized carbons (Fsp3) is 0.250. The minimum absolute atomic E-state index is 0.0788. The molecule has 0 saturated carbocycles. The highest BCUT2D eigenvalue weighted by Gasteiger charge is 2.19. The Balaban J connectivity index is 1.78. The second-order valence-corrected chi connectivity index (χ2v) is 9.32. The molecule has 30 heavy (non-hydrogen) atoms. The van der Waals surface area contributed by atoms with E-state index in [4.69, 9.17) is 4.98 Å². The number of thiophene rings is 1. The van der Waals surface area contributed by atoms with Gasteiger partial charge in [0.25, 0.3) is 5.56 Å². The molecule has 2 aromatic carbocycles. The van der Waals surface area contributed by atoms with E-state index in [1.807, 2.05) is 25.1 Å². The van der Waals surface area contributed by atoms with E-state index in [1.165, 1.54) is 22.6 Å². The summed E-state index contributed by atoms with van der Waals surface area (Å²) in [4.78, 5) is 20.4. The first-order chi connectivity index (χ1) is 14.6. The van der Waals surface area contributed by atoms with Crippen LogP contribution in [0.3, 0.4) is 0 Å². The van der Waals surface area contributed by atoms with Gasteiger partial charge in [0.2, 0.25) is 0 Å². The molecule has 0 spiro atoms. The van der Waals surface area contributed by atoms with E-state index < -0.39 is 0 Å². The molecule has 2 aromatic heterocycles. The summed E-state index contributed by atoms with van der Waals surface area (Å²) in [5.41, 5.74) is 2.83. The summed E-state index contributed by atoms with van der Waals surface area (Å²) >= 11 is 3.18. The molecule has 6 heteroatoms. The highest BCUT2D eigenvalue weighted by Crippen LogP contribution is 2.31. The van der Waals surface area contributed by atoms with Gasteiger partial charge in [-0.2, -0.15) is 0 Å². The van der Waals surface area contributed by atoms with Crippen LogP contribution < -0.4 is 5.56 Å². The summed E-state index contributed by atoms with van der Waals surface area (Å²) in [6.07, 6.45) is 2.85. The van der Waals surface area contributed by atoms with E-state index in [0.717, 1.165) is 35.4 Å². The van der Waals surface area contributed by atoms with Crippen LogP contribution in [0.1, 0.15) is 29.3 Å². The number of hydrogen-bond acceptors (Lipinski definition) is 4. The van der Waals surface area contributed by atoms with Crippen molar-refractivity contribution in [2.75, 3.05) is 5.75 Å². The molecule has 0 aliphatic carbocycles. The van der Waals surface area contributed by atoms with Gasteiger partial charge < -0.3 is 0 Å². The molecular formula is C24H23FN2OS2. The molecular weight excluding hydrogens is 415 g/mol. The number of halogens is 1. The molecule has 0 aliphatic rings. The van der Waals surface area contributed by atoms with Crippen LogP contribution in [0, 0.1) is 12.7 Å². The van der Waals surface area contributed by atoms with Gasteiger partial charge in [-0.25, -0.2) is 9.37 Å². The normalized spacial score (nSPS) is 11.3. The second kappa shape index (κ2) is 9.14. The smallest absolute Gasteiger partial charge is 0.267 e. The molecule has 0 amide bonds. The molecule has 4 aromatic rings. The fourth-order valence-corrected chi connectivity index (χ4v) is 5.82.